The first-order valence-corrected chi connectivity index (χ1v) is 14.9. The van der Waals surface area contributed by atoms with E-state index >= 15 is 0 Å². The molecular weight excluding hydrogens is 587 g/mol. The minimum Gasteiger partial charge on any atom is -1.00 e. The molecule has 0 fully saturated rings. The normalized spacial score (nSPS) is 12.0. The zero-order chi connectivity index (χ0) is 28.8. The maximum Gasteiger partial charge on any atom is -0.109 e. The Morgan fingerprint density at radius 2 is 1.05 bits per heavy atom. The second kappa shape index (κ2) is 15.7. The average molecular weight is 628 g/mol. The molecule has 5 aromatic carbocycles. The van der Waals surface area contributed by atoms with Crippen molar-refractivity contribution in [3.05, 3.63) is 150 Å². The molecule has 6 rings (SSSR count). The third-order valence-electron chi connectivity index (χ3n) is 7.72. The average Bonchev–Trinajstić information content (AvgIpc) is 3.65. The molecule has 0 heterocycles. The maximum absolute atomic E-state index is 2.99. The van der Waals surface area contributed by atoms with Crippen molar-refractivity contribution in [3.63, 3.8) is 0 Å². The van der Waals surface area contributed by atoms with Crippen molar-refractivity contribution in [3.8, 4) is 0 Å². The largest absolute Gasteiger partial charge is 1.00 e. The molecule has 0 saturated heterocycles. The summed E-state index contributed by atoms with van der Waals surface area (Å²) in [5, 5.41) is 5.33. The molecule has 0 unspecified atom stereocenters. The Bertz CT molecular complexity index is 1520. The summed E-state index contributed by atoms with van der Waals surface area (Å²) in [7, 11) is 0. The molecule has 1 aliphatic carbocycles. The minimum absolute atomic E-state index is 0. The van der Waals surface area contributed by atoms with Crippen molar-refractivity contribution in [1.29, 1.82) is 0 Å². The van der Waals surface area contributed by atoms with Crippen LogP contribution in [0.25, 0.3) is 21.5 Å². The molecule has 0 aliphatic heterocycles. The summed E-state index contributed by atoms with van der Waals surface area (Å²) in [5.74, 6) is 0. The summed E-state index contributed by atoms with van der Waals surface area (Å²) >= 11 is 2.08. The second-order valence-corrected chi connectivity index (χ2v) is 13.3. The molecule has 42 heavy (non-hydrogen) atoms. The number of allylic oxidation sites excluding steroid dienone is 4. The van der Waals surface area contributed by atoms with Gasteiger partial charge in [-0.15, -0.1) is 46.2 Å². The molecule has 1 aliphatic rings. The van der Waals surface area contributed by atoms with Crippen molar-refractivity contribution in [2.24, 2.45) is 0 Å². The van der Waals surface area contributed by atoms with Crippen molar-refractivity contribution < 1.29 is 44.8 Å². The van der Waals surface area contributed by atoms with Crippen LogP contribution in [0.1, 0.15) is 70.2 Å². The van der Waals surface area contributed by atoms with Gasteiger partial charge in [-0.3, -0.25) is 6.08 Å². The molecule has 0 bridgehead atoms. The van der Waals surface area contributed by atoms with Gasteiger partial charge in [0.05, 0.1) is 0 Å². The smallest absolute Gasteiger partial charge is 0.109 e. The van der Waals surface area contributed by atoms with Crippen LogP contribution >= 0.6 is 0 Å². The van der Waals surface area contributed by atoms with E-state index in [1.165, 1.54) is 47.6 Å². The number of halogens is 2. The third kappa shape index (κ3) is 8.49. The quantitative estimate of drug-likeness (QED) is 0.205. The summed E-state index contributed by atoms with van der Waals surface area (Å²) in [4.78, 5) is 0. The van der Waals surface area contributed by atoms with Crippen LogP contribution in [0.3, 0.4) is 0 Å². The van der Waals surface area contributed by atoms with E-state index in [0.717, 1.165) is 6.42 Å². The second-order valence-electron chi connectivity index (χ2n) is 11.7. The van der Waals surface area contributed by atoms with Gasteiger partial charge in [0.1, 0.15) is 0 Å². The van der Waals surface area contributed by atoms with Crippen LogP contribution in [0.4, 0.5) is 0 Å². The van der Waals surface area contributed by atoms with E-state index in [9.17, 15) is 0 Å². The number of fused-ring (bicyclic) bond motifs is 3. The van der Waals surface area contributed by atoms with Gasteiger partial charge in [-0.05, 0) is 11.1 Å². The summed E-state index contributed by atoms with van der Waals surface area (Å²) in [6, 6.07) is 37.9. The first kappa shape index (κ1) is 35.6. The molecular formula is C39H40Cl2Ti-2. The van der Waals surface area contributed by atoms with Gasteiger partial charge >= 0.3 is 37.6 Å². The number of hydrogen-bond donors (Lipinski definition) is 0. The minimum atomic E-state index is -0.0284. The fourth-order valence-electron chi connectivity index (χ4n) is 5.18. The van der Waals surface area contributed by atoms with Crippen LogP contribution in [0.15, 0.2) is 121 Å². The Balaban J connectivity index is 0.000000487. The van der Waals surface area contributed by atoms with E-state index in [1.807, 2.05) is 12.2 Å². The monoisotopic (exact) mass is 626 g/mol. The van der Waals surface area contributed by atoms with E-state index in [0.29, 0.717) is 0 Å². The summed E-state index contributed by atoms with van der Waals surface area (Å²) < 4.78 is 1.42. The Morgan fingerprint density at radius 3 is 1.36 bits per heavy atom. The van der Waals surface area contributed by atoms with E-state index in [1.54, 1.807) is 0 Å². The fourth-order valence-corrected chi connectivity index (χ4v) is 5.18. The maximum atomic E-state index is 2.99. The van der Waals surface area contributed by atoms with Gasteiger partial charge in [-0.2, -0.15) is 6.08 Å². The van der Waals surface area contributed by atoms with Crippen molar-refractivity contribution in [2.45, 2.75) is 58.8 Å². The van der Waals surface area contributed by atoms with Crippen LogP contribution < -0.4 is 24.8 Å². The standard InChI is InChI=1S/C31H29.C5H5.C3H6.2ClH.Ti/c1-30(2,24-11-7-5-8-12-24)26-15-17-28-22(20-26)19-23-21-27(16-18-29(23)28)31(3,4)25-13-9-6-10-14-25;1-2-4-5-3-1;1-3-2;;;/h5-21H,1-4H3;1-3H,4H2;1-2H3;2*1H;/q2*-1;;;;+2/p-2. The van der Waals surface area contributed by atoms with Gasteiger partial charge in [0.15, 0.2) is 0 Å². The number of rotatable bonds is 4. The van der Waals surface area contributed by atoms with Crippen molar-refractivity contribution in [1.82, 2.24) is 0 Å². The first-order valence-electron chi connectivity index (χ1n) is 14.1. The van der Waals surface area contributed by atoms with Crippen LogP contribution in [0.2, 0.25) is 0 Å². The van der Waals surface area contributed by atoms with Gasteiger partial charge in [0, 0.05) is 10.8 Å². The topological polar surface area (TPSA) is 0 Å². The van der Waals surface area contributed by atoms with Gasteiger partial charge in [0.25, 0.3) is 0 Å². The molecule has 0 aromatic heterocycles. The molecule has 0 amide bonds. The van der Waals surface area contributed by atoms with E-state index in [4.69, 9.17) is 0 Å². The molecule has 0 N–H and O–H groups in total. The fraction of sp³-hybridized carbons (Fsp3) is 0.231. The predicted molar refractivity (Wildman–Crippen MR) is 172 cm³/mol. The number of hydrogen-bond acceptors (Lipinski definition) is 0. The van der Waals surface area contributed by atoms with Crippen LogP contribution in [-0.4, -0.2) is 3.81 Å². The van der Waals surface area contributed by atoms with Crippen LogP contribution in [0.5, 0.6) is 0 Å². The molecule has 5 aromatic rings. The van der Waals surface area contributed by atoms with E-state index in [2.05, 4.69) is 177 Å². The zero-order valence-corrected chi connectivity index (χ0v) is 28.6. The van der Waals surface area contributed by atoms with Gasteiger partial charge in [0.2, 0.25) is 0 Å². The molecule has 0 atom stereocenters. The first-order chi connectivity index (χ1) is 19.1. The van der Waals surface area contributed by atoms with E-state index < -0.39 is 0 Å². The SMILES string of the molecule is CC(C)(c1ccccc1)c1ccc2c(c1)[cH-]c1cc(C(C)(C)c3ccccc3)ccc12.C[C](C)=[Ti+2].[C-]1=CC=CC1.[Cl-].[Cl-]. The molecule has 0 saturated carbocycles. The molecule has 0 spiro atoms. The van der Waals surface area contributed by atoms with Crippen LogP contribution in [-0.2, 0) is 30.8 Å². The zero-order valence-electron chi connectivity index (χ0n) is 25.5. The summed E-state index contributed by atoms with van der Waals surface area (Å²) in [6.45, 7) is 13.4. The van der Waals surface area contributed by atoms with Crippen molar-refractivity contribution >= 4 is 25.4 Å². The molecule has 216 valence electrons. The summed E-state index contributed by atoms with van der Waals surface area (Å²) in [6.07, 6.45) is 10.0. The van der Waals surface area contributed by atoms with Gasteiger partial charge < -0.3 is 24.8 Å². The number of benzene rings is 4. The summed E-state index contributed by atoms with van der Waals surface area (Å²) in [5.41, 5.74) is 5.34. The Kier molecular flexibility index (Phi) is 13.3. The molecule has 3 heteroatoms. The predicted octanol–water partition coefficient (Wildman–Crippen LogP) is 4.42. The Hall–Kier alpha value is -2.61. The van der Waals surface area contributed by atoms with Gasteiger partial charge in [-0.25, -0.2) is 12.2 Å². The van der Waals surface area contributed by atoms with Crippen LogP contribution in [0, 0.1) is 6.08 Å². The van der Waals surface area contributed by atoms with Crippen molar-refractivity contribution in [2.75, 3.05) is 0 Å². The van der Waals surface area contributed by atoms with E-state index in [-0.39, 0.29) is 35.6 Å². The van der Waals surface area contributed by atoms with Gasteiger partial charge in [-0.1, -0.05) is 124 Å². The molecule has 0 radical (unpaired) electrons. The molecule has 0 nitrogen and oxygen atoms in total. The third-order valence-corrected chi connectivity index (χ3v) is 7.72. The Morgan fingerprint density at radius 1 is 0.643 bits per heavy atom. The Labute approximate surface area is 277 Å².